The van der Waals surface area contributed by atoms with E-state index in [2.05, 4.69) is 21.7 Å². The molecule has 0 aliphatic heterocycles. The van der Waals surface area contributed by atoms with Crippen LogP contribution in [0.2, 0.25) is 0 Å². The van der Waals surface area contributed by atoms with Gasteiger partial charge in [-0.15, -0.1) is 0 Å². The molecule has 0 aliphatic rings. The summed E-state index contributed by atoms with van der Waals surface area (Å²) in [4.78, 5) is 4.39. The molecule has 0 saturated carbocycles. The van der Waals surface area contributed by atoms with Gasteiger partial charge < -0.3 is 4.57 Å². The minimum atomic E-state index is 0.705. The van der Waals surface area contributed by atoms with Gasteiger partial charge in [0.2, 0.25) is 0 Å². The Hall–Kier alpha value is -2.60. The quantitative estimate of drug-likeness (QED) is 0.697. The fourth-order valence-corrected chi connectivity index (χ4v) is 2.26. The summed E-state index contributed by atoms with van der Waals surface area (Å²) >= 11 is 0. The second kappa shape index (κ2) is 4.58. The van der Waals surface area contributed by atoms with E-state index < -0.39 is 0 Å². The molecule has 0 N–H and O–H groups in total. The zero-order valence-electron chi connectivity index (χ0n) is 10.7. The highest BCUT2D eigenvalue weighted by Crippen LogP contribution is 2.17. The van der Waals surface area contributed by atoms with Gasteiger partial charge in [-0.25, -0.2) is 4.98 Å². The maximum Gasteiger partial charge on any atom is 0.0991 e. The number of aryl methyl sites for hydroxylation is 1. The van der Waals surface area contributed by atoms with Crippen molar-refractivity contribution in [3.8, 4) is 6.07 Å². The van der Waals surface area contributed by atoms with Gasteiger partial charge in [0.1, 0.15) is 0 Å². The SMILES string of the molecule is Cc1cc(C#N)ccc1Cn1cnc2ccccc21. The molecule has 0 unspecified atom stereocenters. The molecular weight excluding hydrogens is 234 g/mol. The Balaban J connectivity index is 2.00. The molecule has 0 aliphatic carbocycles. The van der Waals surface area contributed by atoms with E-state index in [9.17, 15) is 0 Å². The number of hydrogen-bond donors (Lipinski definition) is 0. The second-order valence-corrected chi connectivity index (χ2v) is 4.61. The molecule has 0 atom stereocenters. The van der Waals surface area contributed by atoms with E-state index in [0.717, 1.165) is 23.1 Å². The van der Waals surface area contributed by atoms with Crippen molar-refractivity contribution < 1.29 is 0 Å². The van der Waals surface area contributed by atoms with E-state index in [4.69, 9.17) is 5.26 Å². The summed E-state index contributed by atoms with van der Waals surface area (Å²) in [7, 11) is 0. The number of imidazole rings is 1. The third-order valence-electron chi connectivity index (χ3n) is 3.34. The van der Waals surface area contributed by atoms with Crippen molar-refractivity contribution in [1.29, 1.82) is 5.26 Å². The van der Waals surface area contributed by atoms with Gasteiger partial charge in [0.05, 0.1) is 29.0 Å². The predicted molar refractivity (Wildman–Crippen MR) is 74.7 cm³/mol. The van der Waals surface area contributed by atoms with Gasteiger partial charge in [-0.1, -0.05) is 18.2 Å². The lowest BCUT2D eigenvalue weighted by Crippen LogP contribution is -2.00. The fourth-order valence-electron chi connectivity index (χ4n) is 2.26. The Morgan fingerprint density at radius 2 is 2.05 bits per heavy atom. The van der Waals surface area contributed by atoms with Crippen LogP contribution in [0, 0.1) is 18.3 Å². The summed E-state index contributed by atoms with van der Waals surface area (Å²) < 4.78 is 2.13. The van der Waals surface area contributed by atoms with Crippen LogP contribution in [0.25, 0.3) is 11.0 Å². The smallest absolute Gasteiger partial charge is 0.0991 e. The lowest BCUT2D eigenvalue weighted by Gasteiger charge is -2.08. The van der Waals surface area contributed by atoms with Crippen LogP contribution < -0.4 is 0 Å². The molecular formula is C16H13N3. The van der Waals surface area contributed by atoms with E-state index >= 15 is 0 Å². The predicted octanol–water partition coefficient (Wildman–Crippen LogP) is 3.26. The maximum absolute atomic E-state index is 8.89. The molecule has 0 bridgehead atoms. The van der Waals surface area contributed by atoms with Crippen molar-refractivity contribution in [2.24, 2.45) is 0 Å². The molecule has 0 fully saturated rings. The molecule has 1 heterocycles. The third kappa shape index (κ3) is 2.09. The van der Waals surface area contributed by atoms with E-state index in [-0.39, 0.29) is 0 Å². The summed E-state index contributed by atoms with van der Waals surface area (Å²) in [5, 5.41) is 8.89. The summed E-state index contributed by atoms with van der Waals surface area (Å²) in [6.07, 6.45) is 1.86. The molecule has 2 aromatic carbocycles. The number of benzene rings is 2. The zero-order valence-corrected chi connectivity index (χ0v) is 10.7. The molecule has 3 nitrogen and oxygen atoms in total. The van der Waals surface area contributed by atoms with Crippen molar-refractivity contribution in [2.75, 3.05) is 0 Å². The number of fused-ring (bicyclic) bond motifs is 1. The molecule has 0 spiro atoms. The van der Waals surface area contributed by atoms with Crippen LogP contribution in [0.4, 0.5) is 0 Å². The molecule has 3 aromatic rings. The van der Waals surface area contributed by atoms with Crippen LogP contribution in [-0.4, -0.2) is 9.55 Å². The van der Waals surface area contributed by atoms with Gasteiger partial charge in [0.15, 0.2) is 0 Å². The Kier molecular flexibility index (Phi) is 2.77. The molecule has 19 heavy (non-hydrogen) atoms. The molecule has 0 saturated heterocycles. The van der Waals surface area contributed by atoms with Crippen molar-refractivity contribution in [1.82, 2.24) is 9.55 Å². The van der Waals surface area contributed by atoms with Gasteiger partial charge in [-0.2, -0.15) is 5.26 Å². The first kappa shape index (κ1) is 11.5. The summed E-state index contributed by atoms with van der Waals surface area (Å²) in [6, 6.07) is 16.1. The minimum absolute atomic E-state index is 0.705. The molecule has 0 radical (unpaired) electrons. The highest BCUT2D eigenvalue weighted by atomic mass is 15.0. The summed E-state index contributed by atoms with van der Waals surface area (Å²) in [5.74, 6) is 0. The number of aromatic nitrogens is 2. The monoisotopic (exact) mass is 247 g/mol. The van der Waals surface area contributed by atoms with Crippen LogP contribution in [0.3, 0.4) is 0 Å². The number of nitrogens with zero attached hydrogens (tertiary/aromatic N) is 3. The molecule has 1 aromatic heterocycles. The number of rotatable bonds is 2. The highest BCUT2D eigenvalue weighted by molar-refractivity contribution is 5.75. The maximum atomic E-state index is 8.89. The van der Waals surface area contributed by atoms with Gasteiger partial charge in [-0.3, -0.25) is 0 Å². The molecule has 3 rings (SSSR count). The first-order chi connectivity index (χ1) is 9.28. The van der Waals surface area contributed by atoms with Crippen molar-refractivity contribution in [2.45, 2.75) is 13.5 Å². The Morgan fingerprint density at radius 1 is 1.21 bits per heavy atom. The third-order valence-corrected chi connectivity index (χ3v) is 3.34. The molecule has 0 amide bonds. The first-order valence-electron chi connectivity index (χ1n) is 6.17. The summed E-state index contributed by atoms with van der Waals surface area (Å²) in [6.45, 7) is 2.81. The summed E-state index contributed by atoms with van der Waals surface area (Å²) in [5.41, 5.74) is 5.19. The van der Waals surface area contributed by atoms with Crippen LogP contribution in [0.1, 0.15) is 16.7 Å². The minimum Gasteiger partial charge on any atom is -0.326 e. The van der Waals surface area contributed by atoms with Crippen LogP contribution in [0.5, 0.6) is 0 Å². The van der Waals surface area contributed by atoms with Gasteiger partial charge in [0, 0.05) is 6.54 Å². The number of hydrogen-bond acceptors (Lipinski definition) is 2. The van der Waals surface area contributed by atoms with Gasteiger partial charge in [0.25, 0.3) is 0 Å². The van der Waals surface area contributed by atoms with E-state index in [1.165, 1.54) is 5.56 Å². The Labute approximate surface area is 111 Å². The number of para-hydroxylation sites is 2. The fraction of sp³-hybridized carbons (Fsp3) is 0.125. The standard InChI is InChI=1S/C16H13N3/c1-12-8-13(9-17)6-7-14(12)10-19-11-18-15-4-2-3-5-16(15)19/h2-8,11H,10H2,1H3. The largest absolute Gasteiger partial charge is 0.326 e. The lowest BCUT2D eigenvalue weighted by molar-refractivity contribution is 0.818. The lowest BCUT2D eigenvalue weighted by atomic mass is 10.1. The van der Waals surface area contributed by atoms with Crippen LogP contribution >= 0.6 is 0 Å². The van der Waals surface area contributed by atoms with Gasteiger partial charge >= 0.3 is 0 Å². The zero-order chi connectivity index (χ0) is 13.2. The van der Waals surface area contributed by atoms with Crippen molar-refractivity contribution >= 4 is 11.0 Å². The number of nitriles is 1. The Bertz CT molecular complexity index is 778. The normalized spacial score (nSPS) is 10.5. The van der Waals surface area contributed by atoms with E-state index in [1.807, 2.05) is 49.6 Å². The van der Waals surface area contributed by atoms with Crippen LogP contribution in [-0.2, 0) is 6.54 Å². The average Bonchev–Trinajstić information content (AvgIpc) is 2.84. The molecule has 92 valence electrons. The Morgan fingerprint density at radius 3 is 2.84 bits per heavy atom. The van der Waals surface area contributed by atoms with E-state index in [1.54, 1.807) is 0 Å². The van der Waals surface area contributed by atoms with Crippen molar-refractivity contribution in [3.63, 3.8) is 0 Å². The highest BCUT2D eigenvalue weighted by Gasteiger charge is 2.05. The average molecular weight is 247 g/mol. The molecule has 3 heteroatoms. The second-order valence-electron chi connectivity index (χ2n) is 4.61. The van der Waals surface area contributed by atoms with E-state index in [0.29, 0.717) is 5.56 Å². The van der Waals surface area contributed by atoms with Gasteiger partial charge in [-0.05, 0) is 42.3 Å². The van der Waals surface area contributed by atoms with Crippen molar-refractivity contribution in [3.05, 3.63) is 65.5 Å². The van der Waals surface area contributed by atoms with Crippen LogP contribution in [0.15, 0.2) is 48.8 Å². The topological polar surface area (TPSA) is 41.6 Å². The first-order valence-corrected chi connectivity index (χ1v) is 6.17.